The molecule has 1 heterocycles. The molecule has 0 saturated heterocycles. The summed E-state index contributed by atoms with van der Waals surface area (Å²) in [6, 6.07) is 24.9. The summed E-state index contributed by atoms with van der Waals surface area (Å²) < 4.78 is 43.2. The Hall–Kier alpha value is -3.42. The first-order chi connectivity index (χ1) is 23.9. The van der Waals surface area contributed by atoms with Gasteiger partial charge in [-0.25, -0.2) is 0 Å². The first-order valence-electron chi connectivity index (χ1n) is 18.0. The second kappa shape index (κ2) is 20.9. The molecule has 0 amide bonds. The Bertz CT molecular complexity index is 1570. The van der Waals surface area contributed by atoms with Gasteiger partial charge in [0.1, 0.15) is 30.0 Å². The van der Waals surface area contributed by atoms with Gasteiger partial charge in [0, 0.05) is 35.3 Å². The molecule has 0 N–H and O–H groups in total. The minimum atomic E-state index is -4.66. The lowest BCUT2D eigenvalue weighted by Crippen LogP contribution is -2.34. The fourth-order valence-corrected chi connectivity index (χ4v) is 6.56. The Morgan fingerprint density at radius 2 is 1.39 bits per heavy atom. The summed E-state index contributed by atoms with van der Waals surface area (Å²) in [6.45, 7) is 7.60. The summed E-state index contributed by atoms with van der Waals surface area (Å²) in [7, 11) is -4.66. The van der Waals surface area contributed by atoms with Gasteiger partial charge < -0.3 is 28.2 Å². The Morgan fingerprint density at radius 3 is 2.10 bits per heavy atom. The van der Waals surface area contributed by atoms with Gasteiger partial charge >= 0.3 is 7.82 Å². The third-order valence-electron chi connectivity index (χ3n) is 8.52. The van der Waals surface area contributed by atoms with Crippen LogP contribution in [-0.4, -0.2) is 32.5 Å². The van der Waals surface area contributed by atoms with Crippen LogP contribution in [0.5, 0.6) is 17.2 Å². The van der Waals surface area contributed by atoms with Crippen molar-refractivity contribution in [1.82, 2.24) is 0 Å². The van der Waals surface area contributed by atoms with Gasteiger partial charge in [-0.2, -0.15) is 4.57 Å². The van der Waals surface area contributed by atoms with Crippen molar-refractivity contribution in [1.29, 1.82) is 0 Å². The van der Waals surface area contributed by atoms with E-state index in [1.165, 1.54) is 57.8 Å². The van der Waals surface area contributed by atoms with Gasteiger partial charge in [-0.3, -0.25) is 4.57 Å². The summed E-state index contributed by atoms with van der Waals surface area (Å²) in [5.74, 6) is 1.63. The zero-order valence-electron chi connectivity index (χ0n) is 29.5. The molecule has 3 aromatic carbocycles. The van der Waals surface area contributed by atoms with Gasteiger partial charge in [-0.15, -0.1) is 0 Å². The maximum absolute atomic E-state index is 12.7. The fourth-order valence-electron chi connectivity index (χ4n) is 5.78. The molecule has 2 atom stereocenters. The van der Waals surface area contributed by atoms with Crippen LogP contribution in [0.4, 0.5) is 0 Å². The number of phosphoric ester groups is 1. The van der Waals surface area contributed by atoms with Crippen LogP contribution in [0.3, 0.4) is 0 Å². The van der Waals surface area contributed by atoms with Gasteiger partial charge in [0.05, 0.1) is 13.2 Å². The molecule has 4 aromatic rings. The van der Waals surface area contributed by atoms with Crippen molar-refractivity contribution < 1.29 is 37.3 Å². The molecular formula is C40H54NO7P. The number of aromatic nitrogens is 1. The number of ether oxygens (including phenoxy) is 3. The first-order valence-corrected chi connectivity index (χ1v) is 19.4. The van der Waals surface area contributed by atoms with Crippen LogP contribution in [0, 0.1) is 6.92 Å². The van der Waals surface area contributed by atoms with Crippen LogP contribution < -0.4 is 23.5 Å². The first kappa shape index (κ1) is 38.4. The van der Waals surface area contributed by atoms with Crippen molar-refractivity contribution in [2.24, 2.45) is 0 Å². The normalized spacial score (nSPS) is 13.2. The number of hydrogen-bond donors (Lipinski definition) is 0. The second-order valence-corrected chi connectivity index (χ2v) is 13.8. The van der Waals surface area contributed by atoms with E-state index in [9.17, 15) is 9.46 Å². The molecule has 0 saturated carbocycles. The van der Waals surface area contributed by atoms with E-state index < -0.39 is 13.9 Å². The van der Waals surface area contributed by atoms with Crippen LogP contribution in [0.1, 0.15) is 89.2 Å². The topological polar surface area (TPSA) is 90.2 Å². The van der Waals surface area contributed by atoms with Crippen molar-refractivity contribution in [3.05, 3.63) is 96.2 Å². The Morgan fingerprint density at radius 1 is 0.735 bits per heavy atom. The highest BCUT2D eigenvalue weighted by atomic mass is 31.2. The third-order valence-corrected chi connectivity index (χ3v) is 9.42. The minimum Gasteiger partial charge on any atom is -0.746 e. The number of unbranched alkanes of at least 4 members (excludes halogenated alkanes) is 9. The molecule has 0 radical (unpaired) electrons. The lowest BCUT2D eigenvalue weighted by Gasteiger charge is -2.26. The molecule has 4 rings (SSSR count). The predicted octanol–water partition coefficient (Wildman–Crippen LogP) is 9.13. The van der Waals surface area contributed by atoms with E-state index >= 15 is 0 Å². The molecule has 9 heteroatoms. The SMILES string of the molecule is CCCCCCCCCCCCOc1cccc(OCC(COP(=O)([O-])Oc2ccc(C[n+]3cccc4ccccc43)cc2)OCC)c1C. The molecule has 0 aliphatic carbocycles. The Labute approximate surface area is 293 Å². The monoisotopic (exact) mass is 691 g/mol. The van der Waals surface area contributed by atoms with Crippen molar-refractivity contribution >= 4 is 18.7 Å². The van der Waals surface area contributed by atoms with E-state index in [1.807, 2.05) is 68.6 Å². The highest BCUT2D eigenvalue weighted by Crippen LogP contribution is 2.40. The maximum atomic E-state index is 12.7. The van der Waals surface area contributed by atoms with Crippen LogP contribution in [-0.2, 0) is 20.4 Å². The number of para-hydroxylation sites is 1. The highest BCUT2D eigenvalue weighted by Gasteiger charge is 2.19. The summed E-state index contributed by atoms with van der Waals surface area (Å²) in [5, 5.41) is 1.15. The lowest BCUT2D eigenvalue weighted by atomic mass is 10.1. The van der Waals surface area contributed by atoms with Crippen LogP contribution >= 0.6 is 7.82 Å². The molecule has 0 aliphatic heterocycles. The lowest BCUT2D eigenvalue weighted by molar-refractivity contribution is -0.662. The summed E-state index contributed by atoms with van der Waals surface area (Å²) in [4.78, 5) is 12.7. The molecule has 1 aromatic heterocycles. The molecule has 8 nitrogen and oxygen atoms in total. The average Bonchev–Trinajstić information content (AvgIpc) is 3.10. The molecule has 0 aliphatic rings. The highest BCUT2D eigenvalue weighted by molar-refractivity contribution is 7.46. The zero-order chi connectivity index (χ0) is 34.7. The zero-order valence-corrected chi connectivity index (χ0v) is 30.4. The van der Waals surface area contributed by atoms with Crippen LogP contribution in [0.2, 0.25) is 0 Å². The number of benzene rings is 3. The number of nitrogens with zero attached hydrogens (tertiary/aromatic N) is 1. The Balaban J connectivity index is 1.19. The van der Waals surface area contributed by atoms with E-state index in [1.54, 1.807) is 12.1 Å². The molecular weight excluding hydrogens is 637 g/mol. The van der Waals surface area contributed by atoms with E-state index in [0.717, 1.165) is 34.2 Å². The van der Waals surface area contributed by atoms with Gasteiger partial charge in [0.15, 0.2) is 12.7 Å². The fraction of sp³-hybridized carbons (Fsp3) is 0.475. The second-order valence-electron chi connectivity index (χ2n) is 12.5. The van der Waals surface area contributed by atoms with E-state index in [2.05, 4.69) is 29.7 Å². The van der Waals surface area contributed by atoms with E-state index in [-0.39, 0.29) is 19.0 Å². The standard InChI is InChI=1S/C40H54NO7P/c1-4-6-7-8-9-10-11-12-13-16-29-45-39-22-17-23-40(33(39)3)46-31-37(44-5-2)32-47-49(42,43)48-36-26-24-34(25-27-36)30-41-28-18-20-35-19-14-15-21-38(35)41/h14-15,17-28,37H,4-13,16,29-32H2,1-3H3. The molecule has 0 fully saturated rings. The van der Waals surface area contributed by atoms with Crippen LogP contribution in [0.25, 0.3) is 10.9 Å². The van der Waals surface area contributed by atoms with Gasteiger partial charge in [0.2, 0.25) is 5.52 Å². The molecule has 0 bridgehead atoms. The Kier molecular flexibility index (Phi) is 16.4. The number of rotatable bonds is 24. The van der Waals surface area contributed by atoms with Crippen LogP contribution in [0.15, 0.2) is 85.1 Å². The number of phosphoric acid groups is 1. The smallest absolute Gasteiger partial charge is 0.319 e. The number of pyridine rings is 1. The maximum Gasteiger partial charge on any atom is 0.319 e. The molecule has 49 heavy (non-hydrogen) atoms. The number of hydrogen-bond acceptors (Lipinski definition) is 7. The quantitative estimate of drug-likeness (QED) is 0.0411. The average molecular weight is 692 g/mol. The minimum absolute atomic E-state index is 0.108. The van der Waals surface area contributed by atoms with Gasteiger partial charge in [-0.05, 0) is 68.8 Å². The van der Waals surface area contributed by atoms with Gasteiger partial charge in [-0.1, -0.05) is 82.9 Å². The largest absolute Gasteiger partial charge is 0.746 e. The third kappa shape index (κ3) is 13.4. The molecule has 266 valence electrons. The predicted molar refractivity (Wildman–Crippen MR) is 193 cm³/mol. The van der Waals surface area contributed by atoms with Crippen molar-refractivity contribution in [2.75, 3.05) is 26.4 Å². The van der Waals surface area contributed by atoms with Crippen molar-refractivity contribution in [3.63, 3.8) is 0 Å². The van der Waals surface area contributed by atoms with Crippen molar-refractivity contribution in [2.45, 2.75) is 97.6 Å². The summed E-state index contributed by atoms with van der Waals surface area (Å²) >= 11 is 0. The number of fused-ring (bicyclic) bond motifs is 1. The summed E-state index contributed by atoms with van der Waals surface area (Å²) in [6.07, 6.45) is 14.2. The summed E-state index contributed by atoms with van der Waals surface area (Å²) in [5.41, 5.74) is 3.02. The van der Waals surface area contributed by atoms with Gasteiger partial charge in [0.25, 0.3) is 0 Å². The van der Waals surface area contributed by atoms with Crippen molar-refractivity contribution in [3.8, 4) is 17.2 Å². The van der Waals surface area contributed by atoms with E-state index in [4.69, 9.17) is 23.3 Å². The van der Waals surface area contributed by atoms with E-state index in [0.29, 0.717) is 25.5 Å². The molecule has 2 unspecified atom stereocenters. The molecule has 0 spiro atoms.